The van der Waals surface area contributed by atoms with Crippen LogP contribution in [-0.2, 0) is 12.8 Å². The van der Waals surface area contributed by atoms with Crippen molar-refractivity contribution in [2.75, 3.05) is 0 Å². The first-order chi connectivity index (χ1) is 10.2. The molecule has 1 heterocycles. The fourth-order valence-corrected chi connectivity index (χ4v) is 2.74. The molecular weight excluding hydrogens is 256 g/mol. The molecule has 1 aromatic heterocycles. The van der Waals surface area contributed by atoms with E-state index in [1.807, 2.05) is 6.08 Å². The van der Waals surface area contributed by atoms with Crippen LogP contribution in [0.25, 0.3) is 22.2 Å². The number of imidazole rings is 1. The summed E-state index contributed by atoms with van der Waals surface area (Å²) in [6.07, 6.45) is 3.65. The average Bonchev–Trinajstić information content (AvgIpc) is 2.90. The van der Waals surface area contributed by atoms with Gasteiger partial charge in [-0.05, 0) is 30.5 Å². The normalized spacial score (nSPS) is 11.0. The number of aryl methyl sites for hydroxylation is 2. The van der Waals surface area contributed by atoms with Gasteiger partial charge >= 0.3 is 0 Å². The molecule has 0 saturated carbocycles. The molecule has 3 aromatic rings. The van der Waals surface area contributed by atoms with Crippen molar-refractivity contribution in [1.82, 2.24) is 9.97 Å². The number of allylic oxidation sites excluding steroid dienone is 1. The van der Waals surface area contributed by atoms with Gasteiger partial charge in [0.2, 0.25) is 0 Å². The van der Waals surface area contributed by atoms with Gasteiger partial charge in [0, 0.05) is 12.0 Å². The summed E-state index contributed by atoms with van der Waals surface area (Å²) in [5, 5.41) is 0. The van der Waals surface area contributed by atoms with Gasteiger partial charge in [-0.3, -0.25) is 0 Å². The quantitative estimate of drug-likeness (QED) is 0.679. The fourth-order valence-electron chi connectivity index (χ4n) is 2.74. The molecule has 2 aromatic carbocycles. The predicted molar refractivity (Wildman–Crippen MR) is 89.5 cm³/mol. The standard InChI is InChI=1S/C19H20N2/c1-4-6-17-20-16-12-11-14(5-2)18(19(16)21-17)15-9-7-13(3)8-10-15/h4,7-12H,1,5-6H2,2-3H3,(H,20,21). The van der Waals surface area contributed by atoms with Crippen molar-refractivity contribution in [2.45, 2.75) is 26.7 Å². The van der Waals surface area contributed by atoms with Crippen molar-refractivity contribution in [3.8, 4) is 11.1 Å². The highest BCUT2D eigenvalue weighted by atomic mass is 14.9. The first kappa shape index (κ1) is 13.6. The Labute approximate surface area is 125 Å². The molecule has 0 atom stereocenters. The number of aromatic amines is 1. The Bertz CT molecular complexity index is 779. The molecule has 0 aliphatic carbocycles. The molecule has 0 fully saturated rings. The van der Waals surface area contributed by atoms with E-state index in [0.29, 0.717) is 0 Å². The van der Waals surface area contributed by atoms with E-state index in [-0.39, 0.29) is 0 Å². The van der Waals surface area contributed by atoms with E-state index < -0.39 is 0 Å². The van der Waals surface area contributed by atoms with Crippen LogP contribution in [0.5, 0.6) is 0 Å². The summed E-state index contributed by atoms with van der Waals surface area (Å²) < 4.78 is 0. The molecule has 21 heavy (non-hydrogen) atoms. The zero-order valence-corrected chi connectivity index (χ0v) is 12.6. The largest absolute Gasteiger partial charge is 0.342 e. The lowest BCUT2D eigenvalue weighted by Crippen LogP contribution is -1.90. The SMILES string of the molecule is C=CCc1nc2c(-c3ccc(C)cc3)c(CC)ccc2[nH]1. The fraction of sp³-hybridized carbons (Fsp3) is 0.211. The number of nitrogens with zero attached hydrogens (tertiary/aromatic N) is 1. The third kappa shape index (κ3) is 2.49. The smallest absolute Gasteiger partial charge is 0.111 e. The van der Waals surface area contributed by atoms with Crippen LogP contribution in [0.4, 0.5) is 0 Å². The minimum absolute atomic E-state index is 0.767. The highest BCUT2D eigenvalue weighted by Gasteiger charge is 2.12. The second kappa shape index (κ2) is 5.57. The average molecular weight is 276 g/mol. The number of hydrogen-bond acceptors (Lipinski definition) is 1. The second-order valence-electron chi connectivity index (χ2n) is 5.39. The molecule has 3 rings (SSSR count). The van der Waals surface area contributed by atoms with Crippen molar-refractivity contribution in [3.63, 3.8) is 0 Å². The van der Waals surface area contributed by atoms with E-state index in [2.05, 4.69) is 61.8 Å². The van der Waals surface area contributed by atoms with Crippen molar-refractivity contribution in [1.29, 1.82) is 0 Å². The summed E-state index contributed by atoms with van der Waals surface area (Å²) in [5.41, 5.74) is 7.26. The van der Waals surface area contributed by atoms with Crippen molar-refractivity contribution in [2.24, 2.45) is 0 Å². The Kier molecular flexibility index (Phi) is 3.61. The topological polar surface area (TPSA) is 28.7 Å². The molecule has 0 radical (unpaired) electrons. The summed E-state index contributed by atoms with van der Waals surface area (Å²) in [4.78, 5) is 8.17. The summed E-state index contributed by atoms with van der Waals surface area (Å²) in [6, 6.07) is 13.0. The van der Waals surface area contributed by atoms with E-state index in [4.69, 9.17) is 4.98 Å². The molecule has 2 nitrogen and oxygen atoms in total. The number of H-pyrrole nitrogens is 1. The van der Waals surface area contributed by atoms with Crippen LogP contribution in [0.1, 0.15) is 23.9 Å². The molecule has 1 N–H and O–H groups in total. The Morgan fingerprint density at radius 1 is 1.14 bits per heavy atom. The van der Waals surface area contributed by atoms with Crippen molar-refractivity contribution in [3.05, 3.63) is 66.0 Å². The number of fused-ring (bicyclic) bond motifs is 1. The minimum Gasteiger partial charge on any atom is -0.342 e. The zero-order valence-electron chi connectivity index (χ0n) is 12.6. The molecular formula is C19H20N2. The lowest BCUT2D eigenvalue weighted by molar-refractivity contribution is 1.07. The van der Waals surface area contributed by atoms with Gasteiger partial charge in [0.1, 0.15) is 5.82 Å². The molecule has 0 aliphatic heterocycles. The van der Waals surface area contributed by atoms with Gasteiger partial charge in [-0.1, -0.05) is 48.9 Å². The Morgan fingerprint density at radius 2 is 1.90 bits per heavy atom. The van der Waals surface area contributed by atoms with Gasteiger partial charge in [0.25, 0.3) is 0 Å². The van der Waals surface area contributed by atoms with Gasteiger partial charge in [0.05, 0.1) is 11.0 Å². The van der Waals surface area contributed by atoms with Gasteiger partial charge in [-0.15, -0.1) is 6.58 Å². The van der Waals surface area contributed by atoms with E-state index in [1.54, 1.807) is 0 Å². The van der Waals surface area contributed by atoms with Crippen LogP contribution in [0.3, 0.4) is 0 Å². The van der Waals surface area contributed by atoms with Crippen molar-refractivity contribution >= 4 is 11.0 Å². The van der Waals surface area contributed by atoms with Gasteiger partial charge in [-0.2, -0.15) is 0 Å². The third-order valence-corrected chi connectivity index (χ3v) is 3.85. The molecule has 0 unspecified atom stereocenters. The Balaban J connectivity index is 2.26. The summed E-state index contributed by atoms with van der Waals surface area (Å²) in [7, 11) is 0. The number of hydrogen-bond donors (Lipinski definition) is 1. The third-order valence-electron chi connectivity index (χ3n) is 3.85. The molecule has 2 heteroatoms. The molecule has 0 bridgehead atoms. The number of aromatic nitrogens is 2. The molecule has 0 saturated heterocycles. The molecule has 0 spiro atoms. The van der Waals surface area contributed by atoms with Crippen LogP contribution in [0, 0.1) is 6.92 Å². The van der Waals surface area contributed by atoms with Gasteiger partial charge in [0.15, 0.2) is 0 Å². The Hall–Kier alpha value is -2.35. The van der Waals surface area contributed by atoms with E-state index >= 15 is 0 Å². The maximum atomic E-state index is 4.78. The maximum Gasteiger partial charge on any atom is 0.111 e. The Morgan fingerprint density at radius 3 is 2.57 bits per heavy atom. The minimum atomic E-state index is 0.767. The second-order valence-corrected chi connectivity index (χ2v) is 5.39. The predicted octanol–water partition coefficient (Wildman–Crippen LogP) is 4.83. The monoisotopic (exact) mass is 276 g/mol. The van der Waals surface area contributed by atoms with Crippen LogP contribution in [0.15, 0.2) is 49.1 Å². The van der Waals surface area contributed by atoms with Crippen LogP contribution in [-0.4, -0.2) is 9.97 Å². The molecule has 106 valence electrons. The summed E-state index contributed by atoms with van der Waals surface area (Å²) >= 11 is 0. The number of benzene rings is 2. The first-order valence-corrected chi connectivity index (χ1v) is 7.41. The molecule has 0 amide bonds. The lowest BCUT2D eigenvalue weighted by atomic mass is 9.96. The van der Waals surface area contributed by atoms with E-state index in [9.17, 15) is 0 Å². The van der Waals surface area contributed by atoms with Crippen LogP contribution in [0.2, 0.25) is 0 Å². The van der Waals surface area contributed by atoms with Crippen LogP contribution >= 0.6 is 0 Å². The maximum absolute atomic E-state index is 4.78. The van der Waals surface area contributed by atoms with Gasteiger partial charge < -0.3 is 4.98 Å². The summed E-state index contributed by atoms with van der Waals surface area (Å²) in [6.45, 7) is 8.09. The first-order valence-electron chi connectivity index (χ1n) is 7.41. The zero-order chi connectivity index (χ0) is 14.8. The van der Waals surface area contributed by atoms with Crippen LogP contribution < -0.4 is 0 Å². The molecule has 0 aliphatic rings. The number of nitrogens with one attached hydrogen (secondary N) is 1. The van der Waals surface area contributed by atoms with E-state index in [0.717, 1.165) is 29.7 Å². The van der Waals surface area contributed by atoms with Gasteiger partial charge in [-0.25, -0.2) is 4.98 Å². The number of rotatable bonds is 4. The van der Waals surface area contributed by atoms with Crippen molar-refractivity contribution < 1.29 is 0 Å². The highest BCUT2D eigenvalue weighted by Crippen LogP contribution is 2.31. The highest BCUT2D eigenvalue weighted by molar-refractivity contribution is 5.94. The summed E-state index contributed by atoms with van der Waals surface area (Å²) in [5.74, 6) is 0.974. The van der Waals surface area contributed by atoms with E-state index in [1.165, 1.54) is 22.3 Å². The lowest BCUT2D eigenvalue weighted by Gasteiger charge is -2.09.